The van der Waals surface area contributed by atoms with Crippen LogP contribution in [0.5, 0.6) is 5.75 Å². The Bertz CT molecular complexity index is 1140. The predicted octanol–water partition coefficient (Wildman–Crippen LogP) is 4.98. The van der Waals surface area contributed by atoms with Gasteiger partial charge in [-0.2, -0.15) is 0 Å². The molecule has 3 atom stereocenters. The zero-order valence-corrected chi connectivity index (χ0v) is 17.5. The molecular weight excluding hydrogens is 402 g/mol. The Morgan fingerprint density at radius 1 is 0.750 bits per heavy atom. The van der Waals surface area contributed by atoms with Gasteiger partial charge in [-0.3, -0.25) is 14.5 Å². The fourth-order valence-electron chi connectivity index (χ4n) is 4.86. The zero-order chi connectivity index (χ0) is 22.1. The fourth-order valence-corrected chi connectivity index (χ4v) is 4.86. The van der Waals surface area contributed by atoms with E-state index in [1.165, 1.54) is 10.5 Å². The number of fused-ring (bicyclic) bond motifs is 1. The molecule has 0 N–H and O–H groups in total. The maximum absolute atomic E-state index is 13.2. The summed E-state index contributed by atoms with van der Waals surface area (Å²) in [6, 6.07) is 25.5. The Morgan fingerprint density at radius 3 is 2.06 bits per heavy atom. The molecule has 2 fully saturated rings. The summed E-state index contributed by atoms with van der Waals surface area (Å²) in [4.78, 5) is 40.0. The molecule has 2 amide bonds. The van der Waals surface area contributed by atoms with Crippen molar-refractivity contribution in [2.24, 2.45) is 11.8 Å². The molecule has 5 nitrogen and oxygen atoms in total. The Kier molecular flexibility index (Phi) is 5.31. The second-order valence-corrected chi connectivity index (χ2v) is 8.39. The van der Waals surface area contributed by atoms with Crippen LogP contribution in [0.4, 0.5) is 5.69 Å². The number of imide groups is 1. The lowest BCUT2D eigenvalue weighted by Crippen LogP contribution is -2.30. The van der Waals surface area contributed by atoms with Crippen molar-refractivity contribution in [1.82, 2.24) is 0 Å². The van der Waals surface area contributed by atoms with Crippen molar-refractivity contribution < 1.29 is 19.1 Å². The van der Waals surface area contributed by atoms with E-state index in [0.717, 1.165) is 6.42 Å². The Morgan fingerprint density at radius 2 is 1.38 bits per heavy atom. The molecule has 1 aliphatic carbocycles. The highest BCUT2D eigenvalue weighted by molar-refractivity contribution is 6.22. The molecule has 1 aliphatic heterocycles. The number of amides is 2. The summed E-state index contributed by atoms with van der Waals surface area (Å²) in [5.74, 6) is -0.547. The third-order valence-electron chi connectivity index (χ3n) is 6.51. The molecule has 160 valence electrons. The number of rotatable bonds is 4. The van der Waals surface area contributed by atoms with Gasteiger partial charge in [-0.15, -0.1) is 0 Å². The molecule has 3 aromatic carbocycles. The van der Waals surface area contributed by atoms with Gasteiger partial charge in [0, 0.05) is 0 Å². The maximum Gasteiger partial charge on any atom is 0.343 e. The quantitative estimate of drug-likeness (QED) is 0.336. The first-order chi connectivity index (χ1) is 15.6. The standard InChI is InChI=1S/C27H23NO4/c29-25-23-16-13-20(18-7-3-1-4-8-18)17-24(23)26(30)28(25)21-14-11-19(12-15-21)27(31)32-22-9-5-2-6-10-22/h1-12,14-15,20,23-24H,13,16-17H2/t20-,23+,24-/m1/s1. The average Bonchev–Trinajstić information content (AvgIpc) is 3.09. The number of benzene rings is 3. The summed E-state index contributed by atoms with van der Waals surface area (Å²) < 4.78 is 5.35. The van der Waals surface area contributed by atoms with Crippen molar-refractivity contribution in [3.8, 4) is 5.75 Å². The van der Waals surface area contributed by atoms with Crippen molar-refractivity contribution in [1.29, 1.82) is 0 Å². The lowest BCUT2D eigenvalue weighted by molar-refractivity contribution is -0.122. The summed E-state index contributed by atoms with van der Waals surface area (Å²) in [6.45, 7) is 0. The highest BCUT2D eigenvalue weighted by atomic mass is 16.5. The van der Waals surface area contributed by atoms with E-state index in [2.05, 4.69) is 12.1 Å². The van der Waals surface area contributed by atoms with Crippen molar-refractivity contribution >= 4 is 23.5 Å². The van der Waals surface area contributed by atoms with Crippen molar-refractivity contribution in [2.45, 2.75) is 25.2 Å². The monoisotopic (exact) mass is 425 g/mol. The van der Waals surface area contributed by atoms with Gasteiger partial charge in [-0.25, -0.2) is 4.79 Å². The van der Waals surface area contributed by atoms with Gasteiger partial charge in [0.05, 0.1) is 23.1 Å². The summed E-state index contributed by atoms with van der Waals surface area (Å²) in [5, 5.41) is 0. The van der Waals surface area contributed by atoms with Crippen LogP contribution < -0.4 is 9.64 Å². The van der Waals surface area contributed by atoms with E-state index >= 15 is 0 Å². The maximum atomic E-state index is 13.2. The molecule has 32 heavy (non-hydrogen) atoms. The molecule has 0 bridgehead atoms. The van der Waals surface area contributed by atoms with E-state index < -0.39 is 5.97 Å². The molecule has 5 heteroatoms. The van der Waals surface area contributed by atoms with Crippen LogP contribution in [0.1, 0.15) is 41.1 Å². The number of nitrogens with zero attached hydrogens (tertiary/aromatic N) is 1. The van der Waals surface area contributed by atoms with Crippen LogP contribution in [-0.4, -0.2) is 17.8 Å². The zero-order valence-electron chi connectivity index (χ0n) is 17.5. The number of para-hydroxylation sites is 1. The van der Waals surface area contributed by atoms with Crippen LogP contribution >= 0.6 is 0 Å². The van der Waals surface area contributed by atoms with Gasteiger partial charge in [0.15, 0.2) is 0 Å². The predicted molar refractivity (Wildman–Crippen MR) is 120 cm³/mol. The minimum atomic E-state index is -0.485. The van der Waals surface area contributed by atoms with E-state index in [1.54, 1.807) is 48.5 Å². The van der Waals surface area contributed by atoms with Crippen LogP contribution in [-0.2, 0) is 9.59 Å². The van der Waals surface area contributed by atoms with E-state index in [4.69, 9.17) is 4.74 Å². The Hall–Kier alpha value is -3.73. The highest BCUT2D eigenvalue weighted by Gasteiger charge is 2.50. The molecule has 0 radical (unpaired) electrons. The van der Waals surface area contributed by atoms with Gasteiger partial charge >= 0.3 is 5.97 Å². The lowest BCUT2D eigenvalue weighted by Gasteiger charge is -2.28. The normalized spacial score (nSPS) is 22.5. The molecule has 1 heterocycles. The molecule has 2 aliphatic rings. The SMILES string of the molecule is O=C(Oc1ccccc1)c1ccc(N2C(=O)[C@H]3CC[C@@H](c4ccccc4)C[C@H]3C2=O)cc1. The largest absolute Gasteiger partial charge is 0.423 e. The van der Waals surface area contributed by atoms with Crippen molar-refractivity contribution in [2.75, 3.05) is 4.90 Å². The molecule has 0 unspecified atom stereocenters. The third kappa shape index (κ3) is 3.71. The van der Waals surface area contributed by atoms with Crippen LogP contribution in [0.15, 0.2) is 84.9 Å². The summed E-state index contributed by atoms with van der Waals surface area (Å²) in [5.41, 5.74) is 2.09. The molecule has 0 spiro atoms. The van der Waals surface area contributed by atoms with Gasteiger partial charge in [0.25, 0.3) is 0 Å². The van der Waals surface area contributed by atoms with Gasteiger partial charge in [0.1, 0.15) is 5.75 Å². The molecule has 3 aromatic rings. The van der Waals surface area contributed by atoms with Crippen molar-refractivity contribution in [3.05, 3.63) is 96.1 Å². The first-order valence-electron chi connectivity index (χ1n) is 10.9. The van der Waals surface area contributed by atoms with Crippen molar-refractivity contribution in [3.63, 3.8) is 0 Å². The second-order valence-electron chi connectivity index (χ2n) is 8.39. The first-order valence-corrected chi connectivity index (χ1v) is 10.9. The molecule has 1 saturated carbocycles. The van der Waals surface area contributed by atoms with Crippen LogP contribution in [0.3, 0.4) is 0 Å². The van der Waals surface area contributed by atoms with Gasteiger partial charge < -0.3 is 4.74 Å². The molecule has 0 aromatic heterocycles. The Labute approximate surface area is 186 Å². The molecule has 5 rings (SSSR count). The number of ether oxygens (including phenoxy) is 1. The van der Waals surface area contributed by atoms with E-state index in [0.29, 0.717) is 35.8 Å². The first kappa shape index (κ1) is 20.2. The number of esters is 1. The topological polar surface area (TPSA) is 63.7 Å². The number of anilines is 1. The minimum absolute atomic E-state index is 0.133. The van der Waals surface area contributed by atoms with Gasteiger partial charge in [0.2, 0.25) is 11.8 Å². The Balaban J connectivity index is 1.31. The van der Waals surface area contributed by atoms with Crippen LogP contribution in [0.2, 0.25) is 0 Å². The summed E-state index contributed by atoms with van der Waals surface area (Å²) >= 11 is 0. The highest BCUT2D eigenvalue weighted by Crippen LogP contribution is 2.45. The summed E-state index contributed by atoms with van der Waals surface area (Å²) in [6.07, 6.45) is 2.31. The van der Waals surface area contributed by atoms with Gasteiger partial charge in [-0.1, -0.05) is 48.5 Å². The van der Waals surface area contributed by atoms with Crippen LogP contribution in [0.25, 0.3) is 0 Å². The third-order valence-corrected chi connectivity index (χ3v) is 6.51. The van der Waals surface area contributed by atoms with E-state index in [9.17, 15) is 14.4 Å². The molecule has 1 saturated heterocycles. The second kappa shape index (κ2) is 8.42. The van der Waals surface area contributed by atoms with Crippen LogP contribution in [0, 0.1) is 11.8 Å². The van der Waals surface area contributed by atoms with Gasteiger partial charge in [-0.05, 0) is 67.1 Å². The number of carbonyl (C=O) groups is 3. The summed E-state index contributed by atoms with van der Waals surface area (Å²) in [7, 11) is 0. The van der Waals surface area contributed by atoms with E-state index in [-0.39, 0.29) is 23.7 Å². The smallest absolute Gasteiger partial charge is 0.343 e. The minimum Gasteiger partial charge on any atom is -0.423 e. The van der Waals surface area contributed by atoms with E-state index in [1.807, 2.05) is 24.3 Å². The fraction of sp³-hybridized carbons (Fsp3) is 0.222. The molecular formula is C27H23NO4. The number of carbonyl (C=O) groups excluding carboxylic acids is 3. The lowest BCUT2D eigenvalue weighted by atomic mass is 9.73. The average molecular weight is 425 g/mol. The number of hydrogen-bond acceptors (Lipinski definition) is 4. The number of hydrogen-bond donors (Lipinski definition) is 0.